The zero-order valence-electron chi connectivity index (χ0n) is 22.3. The van der Waals surface area contributed by atoms with E-state index in [-0.39, 0.29) is 24.6 Å². The molecule has 0 aliphatic rings. The maximum Gasteiger partial charge on any atom is 0.244 e. The quantitative estimate of drug-likeness (QED) is 0.330. The molecular weight excluding hydrogens is 538 g/mol. The molecular formula is C29H34ClN3O5S. The molecule has 0 aromatic heterocycles. The van der Waals surface area contributed by atoms with Gasteiger partial charge in [-0.1, -0.05) is 73.1 Å². The van der Waals surface area contributed by atoms with E-state index >= 15 is 0 Å². The highest BCUT2D eigenvalue weighted by Crippen LogP contribution is 2.30. The van der Waals surface area contributed by atoms with Gasteiger partial charge in [-0.15, -0.1) is 0 Å². The number of halogens is 1. The van der Waals surface area contributed by atoms with Gasteiger partial charge in [-0.3, -0.25) is 13.9 Å². The van der Waals surface area contributed by atoms with Gasteiger partial charge in [0, 0.05) is 24.5 Å². The Kier molecular flexibility index (Phi) is 10.8. The number of rotatable bonds is 13. The standard InChI is InChI=1S/C29H34ClN3O5S/c1-4-17-31-29(35)26(19-22-11-6-5-7-12-22)32(20-23-13-10-14-24(30)18-23)28(34)21-33(39(3,36)37)25-15-8-9-16-27(25)38-2/h5-16,18,26H,4,17,19-21H2,1-3H3,(H,31,35)/t26-/m1/s1. The Balaban J connectivity index is 2.06. The summed E-state index contributed by atoms with van der Waals surface area (Å²) in [4.78, 5) is 28.9. The summed E-state index contributed by atoms with van der Waals surface area (Å²) < 4.78 is 32.2. The average Bonchev–Trinajstić information content (AvgIpc) is 2.92. The van der Waals surface area contributed by atoms with E-state index in [1.165, 1.54) is 12.0 Å². The van der Waals surface area contributed by atoms with Crippen molar-refractivity contribution in [2.75, 3.05) is 30.8 Å². The van der Waals surface area contributed by atoms with Crippen molar-refractivity contribution in [3.05, 3.63) is 95.0 Å². The Morgan fingerprint density at radius 2 is 1.64 bits per heavy atom. The van der Waals surface area contributed by atoms with Gasteiger partial charge in [0.05, 0.1) is 19.1 Å². The van der Waals surface area contributed by atoms with Crippen LogP contribution in [0.3, 0.4) is 0 Å². The largest absolute Gasteiger partial charge is 0.495 e. The van der Waals surface area contributed by atoms with E-state index in [4.69, 9.17) is 16.3 Å². The second-order valence-corrected chi connectivity index (χ2v) is 11.4. The maximum absolute atomic E-state index is 14.0. The van der Waals surface area contributed by atoms with E-state index in [1.54, 1.807) is 42.5 Å². The number of carbonyl (C=O) groups is 2. The SMILES string of the molecule is CCCNC(=O)[C@@H](Cc1ccccc1)N(Cc1cccc(Cl)c1)C(=O)CN(c1ccccc1OC)S(C)(=O)=O. The lowest BCUT2D eigenvalue weighted by molar-refractivity contribution is -0.140. The van der Waals surface area contributed by atoms with Crippen LogP contribution in [0.5, 0.6) is 5.75 Å². The number of ether oxygens (including phenoxy) is 1. The third kappa shape index (κ3) is 8.46. The van der Waals surface area contributed by atoms with Crippen molar-refractivity contribution in [2.24, 2.45) is 0 Å². The number of benzene rings is 3. The minimum atomic E-state index is -3.89. The molecule has 10 heteroatoms. The summed E-state index contributed by atoms with van der Waals surface area (Å²) in [7, 11) is -2.46. The molecule has 0 saturated carbocycles. The van der Waals surface area contributed by atoms with Gasteiger partial charge >= 0.3 is 0 Å². The second-order valence-electron chi connectivity index (χ2n) is 9.09. The molecule has 0 saturated heterocycles. The predicted octanol–water partition coefficient (Wildman–Crippen LogP) is 4.28. The van der Waals surface area contributed by atoms with Crippen LogP contribution in [0.1, 0.15) is 24.5 Å². The molecule has 0 aliphatic heterocycles. The van der Waals surface area contributed by atoms with E-state index < -0.39 is 28.5 Å². The molecule has 0 unspecified atom stereocenters. The van der Waals surface area contributed by atoms with Crippen molar-refractivity contribution >= 4 is 39.1 Å². The van der Waals surface area contributed by atoms with E-state index in [1.807, 2.05) is 43.3 Å². The molecule has 3 rings (SSSR count). The second kappa shape index (κ2) is 14.0. The van der Waals surface area contributed by atoms with Crippen molar-refractivity contribution < 1.29 is 22.7 Å². The number of nitrogens with one attached hydrogen (secondary N) is 1. The van der Waals surface area contributed by atoms with Crippen LogP contribution in [0.15, 0.2) is 78.9 Å². The summed E-state index contributed by atoms with van der Waals surface area (Å²) in [5.74, 6) is -0.559. The first-order chi connectivity index (χ1) is 18.6. The Labute approximate surface area is 235 Å². The normalized spacial score (nSPS) is 11.9. The van der Waals surface area contributed by atoms with Crippen LogP contribution in [0.2, 0.25) is 5.02 Å². The first kappa shape index (κ1) is 30.0. The summed E-state index contributed by atoms with van der Waals surface area (Å²) in [5.41, 5.74) is 1.80. The summed E-state index contributed by atoms with van der Waals surface area (Å²) in [6, 6.07) is 22.1. The molecule has 0 heterocycles. The summed E-state index contributed by atoms with van der Waals surface area (Å²) in [6.45, 7) is 1.92. The molecule has 208 valence electrons. The van der Waals surface area contributed by atoms with Gasteiger partial charge in [0.2, 0.25) is 21.8 Å². The fourth-order valence-electron chi connectivity index (χ4n) is 4.18. The Bertz CT molecular complexity index is 1370. The van der Waals surface area contributed by atoms with Gasteiger partial charge < -0.3 is 15.0 Å². The Hall–Kier alpha value is -3.56. The van der Waals surface area contributed by atoms with Crippen molar-refractivity contribution in [3.63, 3.8) is 0 Å². The van der Waals surface area contributed by atoms with Crippen LogP contribution in [0.25, 0.3) is 0 Å². The number of anilines is 1. The van der Waals surface area contributed by atoms with Gasteiger partial charge in [0.25, 0.3) is 0 Å². The number of nitrogens with zero attached hydrogens (tertiary/aromatic N) is 2. The molecule has 3 aromatic rings. The van der Waals surface area contributed by atoms with Gasteiger partial charge in [0.15, 0.2) is 0 Å². The lowest BCUT2D eigenvalue weighted by Crippen LogP contribution is -2.53. The molecule has 2 amide bonds. The summed E-state index contributed by atoms with van der Waals surface area (Å²) >= 11 is 6.22. The first-order valence-electron chi connectivity index (χ1n) is 12.6. The van der Waals surface area contributed by atoms with E-state index in [0.29, 0.717) is 22.9 Å². The first-order valence-corrected chi connectivity index (χ1v) is 14.8. The Morgan fingerprint density at radius 3 is 2.28 bits per heavy atom. The van der Waals surface area contributed by atoms with E-state index in [9.17, 15) is 18.0 Å². The maximum atomic E-state index is 14.0. The van der Waals surface area contributed by atoms with E-state index in [2.05, 4.69) is 5.32 Å². The highest BCUT2D eigenvalue weighted by Gasteiger charge is 2.33. The molecule has 0 spiro atoms. The predicted molar refractivity (Wildman–Crippen MR) is 154 cm³/mol. The van der Waals surface area contributed by atoms with Gasteiger partial charge in [-0.05, 0) is 41.8 Å². The highest BCUT2D eigenvalue weighted by atomic mass is 35.5. The van der Waals surface area contributed by atoms with Crippen LogP contribution >= 0.6 is 11.6 Å². The molecule has 0 bridgehead atoms. The summed E-state index contributed by atoms with van der Waals surface area (Å²) in [5, 5.41) is 3.40. The van der Waals surface area contributed by atoms with Gasteiger partial charge in [-0.25, -0.2) is 8.42 Å². The number of carbonyl (C=O) groups excluding carboxylic acids is 2. The lowest BCUT2D eigenvalue weighted by Gasteiger charge is -2.33. The van der Waals surface area contributed by atoms with E-state index in [0.717, 1.165) is 22.5 Å². The topological polar surface area (TPSA) is 96.0 Å². The highest BCUT2D eigenvalue weighted by molar-refractivity contribution is 7.92. The minimum absolute atomic E-state index is 0.0555. The average molecular weight is 572 g/mol. The number of amides is 2. The fourth-order valence-corrected chi connectivity index (χ4v) is 5.25. The van der Waals surface area contributed by atoms with Crippen LogP contribution in [-0.4, -0.2) is 57.6 Å². The van der Waals surface area contributed by atoms with Crippen LogP contribution in [0, 0.1) is 0 Å². The van der Waals surface area contributed by atoms with Crippen molar-refractivity contribution in [1.82, 2.24) is 10.2 Å². The monoisotopic (exact) mass is 571 g/mol. The molecule has 39 heavy (non-hydrogen) atoms. The van der Waals surface area contributed by atoms with Gasteiger partial charge in [0.1, 0.15) is 18.3 Å². The van der Waals surface area contributed by atoms with Crippen LogP contribution < -0.4 is 14.4 Å². The van der Waals surface area contributed by atoms with Gasteiger partial charge in [-0.2, -0.15) is 0 Å². The fraction of sp³-hybridized carbons (Fsp3) is 0.310. The molecule has 0 aliphatic carbocycles. The van der Waals surface area contributed by atoms with Crippen molar-refractivity contribution in [3.8, 4) is 5.75 Å². The number of para-hydroxylation sites is 2. The lowest BCUT2D eigenvalue weighted by atomic mass is 10.0. The zero-order valence-corrected chi connectivity index (χ0v) is 23.9. The molecule has 1 atom stereocenters. The zero-order chi connectivity index (χ0) is 28.4. The number of hydrogen-bond donors (Lipinski definition) is 1. The van der Waals surface area contributed by atoms with Crippen LogP contribution in [-0.2, 0) is 32.6 Å². The molecule has 8 nitrogen and oxygen atoms in total. The van der Waals surface area contributed by atoms with Crippen LogP contribution in [0.4, 0.5) is 5.69 Å². The third-order valence-corrected chi connectivity index (χ3v) is 7.46. The molecule has 0 radical (unpaired) electrons. The number of sulfonamides is 1. The van der Waals surface area contributed by atoms with Crippen molar-refractivity contribution in [1.29, 1.82) is 0 Å². The third-order valence-electron chi connectivity index (χ3n) is 6.10. The molecule has 0 fully saturated rings. The molecule has 1 N–H and O–H groups in total. The smallest absolute Gasteiger partial charge is 0.244 e. The van der Waals surface area contributed by atoms with Crippen molar-refractivity contribution in [2.45, 2.75) is 32.4 Å². The molecule has 3 aromatic carbocycles. The Morgan fingerprint density at radius 1 is 0.974 bits per heavy atom. The minimum Gasteiger partial charge on any atom is -0.495 e. The summed E-state index contributed by atoms with van der Waals surface area (Å²) in [6.07, 6.45) is 2.00. The number of hydrogen-bond acceptors (Lipinski definition) is 5. The number of methoxy groups -OCH3 is 1.